The van der Waals surface area contributed by atoms with Crippen LogP contribution < -0.4 is 0 Å². The summed E-state index contributed by atoms with van der Waals surface area (Å²) in [6.45, 7) is 2.52. The second-order valence-electron chi connectivity index (χ2n) is 6.40. The molecular weight excluding hydrogens is 360 g/mol. The van der Waals surface area contributed by atoms with Crippen molar-refractivity contribution in [2.75, 3.05) is 7.05 Å². The highest BCUT2D eigenvalue weighted by Gasteiger charge is 2.30. The number of oxazole rings is 1. The fraction of sp³-hybridized carbons (Fsp3) is 0.250. The van der Waals surface area contributed by atoms with Crippen LogP contribution in [0.4, 0.5) is 17.6 Å². The first-order valence-corrected chi connectivity index (χ1v) is 8.29. The summed E-state index contributed by atoms with van der Waals surface area (Å²) in [5, 5.41) is 0. The second kappa shape index (κ2) is 7.52. The van der Waals surface area contributed by atoms with E-state index in [1.807, 2.05) is 4.90 Å². The summed E-state index contributed by atoms with van der Waals surface area (Å²) >= 11 is 0. The largest absolute Gasteiger partial charge is 0.441 e. The van der Waals surface area contributed by atoms with E-state index in [2.05, 4.69) is 4.98 Å². The Balaban J connectivity index is 1.71. The maximum absolute atomic E-state index is 13.0. The first-order chi connectivity index (χ1) is 12.7. The molecule has 142 valence electrons. The van der Waals surface area contributed by atoms with Crippen molar-refractivity contribution in [2.24, 2.45) is 0 Å². The Morgan fingerprint density at radius 2 is 1.74 bits per heavy atom. The quantitative estimate of drug-likeness (QED) is 0.554. The number of hydrogen-bond donors (Lipinski definition) is 0. The number of rotatable bonds is 5. The van der Waals surface area contributed by atoms with Crippen LogP contribution in [0, 0.1) is 12.7 Å². The molecule has 3 nitrogen and oxygen atoms in total. The zero-order chi connectivity index (χ0) is 19.6. The highest BCUT2D eigenvalue weighted by molar-refractivity contribution is 5.53. The summed E-state index contributed by atoms with van der Waals surface area (Å²) < 4.78 is 57.2. The summed E-state index contributed by atoms with van der Waals surface area (Å²) in [5.74, 6) is 0.656. The van der Waals surface area contributed by atoms with Crippen LogP contribution in [0.2, 0.25) is 0 Å². The SMILES string of the molecule is Cc1oc(-c2ccc(F)cc2)nc1CN(C)Cc1cccc(C(F)(F)F)c1. The van der Waals surface area contributed by atoms with E-state index in [1.165, 1.54) is 18.2 Å². The van der Waals surface area contributed by atoms with Crippen molar-refractivity contribution in [2.45, 2.75) is 26.2 Å². The predicted octanol–water partition coefficient (Wildman–Crippen LogP) is 5.44. The average molecular weight is 378 g/mol. The lowest BCUT2D eigenvalue weighted by Gasteiger charge is -2.16. The molecule has 0 N–H and O–H groups in total. The zero-order valence-corrected chi connectivity index (χ0v) is 14.8. The Kier molecular flexibility index (Phi) is 5.32. The van der Waals surface area contributed by atoms with E-state index in [-0.39, 0.29) is 5.82 Å². The molecule has 0 aliphatic carbocycles. The molecule has 0 amide bonds. The van der Waals surface area contributed by atoms with E-state index in [4.69, 9.17) is 4.42 Å². The molecule has 0 atom stereocenters. The molecule has 1 aromatic heterocycles. The average Bonchev–Trinajstić information content (AvgIpc) is 2.95. The number of hydrogen-bond acceptors (Lipinski definition) is 3. The van der Waals surface area contributed by atoms with Gasteiger partial charge in [-0.05, 0) is 49.9 Å². The van der Waals surface area contributed by atoms with Gasteiger partial charge in [0.2, 0.25) is 5.89 Å². The Hall–Kier alpha value is -2.67. The molecule has 0 radical (unpaired) electrons. The minimum atomic E-state index is -4.36. The van der Waals surface area contributed by atoms with Crippen molar-refractivity contribution in [3.8, 4) is 11.5 Å². The summed E-state index contributed by atoms with van der Waals surface area (Å²) in [4.78, 5) is 6.29. The summed E-state index contributed by atoms with van der Waals surface area (Å²) in [5.41, 5.74) is 1.24. The predicted molar refractivity (Wildman–Crippen MR) is 93.2 cm³/mol. The van der Waals surface area contributed by atoms with Gasteiger partial charge in [0, 0.05) is 18.7 Å². The van der Waals surface area contributed by atoms with Crippen molar-refractivity contribution in [3.05, 3.63) is 76.9 Å². The Morgan fingerprint density at radius 3 is 2.41 bits per heavy atom. The van der Waals surface area contributed by atoms with E-state index in [0.29, 0.717) is 41.6 Å². The Labute approximate surface area is 154 Å². The summed E-state index contributed by atoms with van der Waals surface area (Å²) in [6.07, 6.45) is -4.36. The normalized spacial score (nSPS) is 12.0. The molecule has 0 aliphatic heterocycles. The third-order valence-electron chi connectivity index (χ3n) is 4.11. The van der Waals surface area contributed by atoms with Gasteiger partial charge in [-0.3, -0.25) is 4.90 Å². The topological polar surface area (TPSA) is 29.3 Å². The van der Waals surface area contributed by atoms with Crippen LogP contribution in [0.25, 0.3) is 11.5 Å². The lowest BCUT2D eigenvalue weighted by molar-refractivity contribution is -0.137. The molecule has 0 aliphatic rings. The monoisotopic (exact) mass is 378 g/mol. The van der Waals surface area contributed by atoms with Crippen LogP contribution >= 0.6 is 0 Å². The van der Waals surface area contributed by atoms with Gasteiger partial charge in [-0.1, -0.05) is 18.2 Å². The van der Waals surface area contributed by atoms with Crippen LogP contribution in [0.15, 0.2) is 52.9 Å². The van der Waals surface area contributed by atoms with Crippen molar-refractivity contribution in [1.82, 2.24) is 9.88 Å². The lowest BCUT2D eigenvalue weighted by atomic mass is 10.1. The zero-order valence-electron chi connectivity index (χ0n) is 14.8. The summed E-state index contributed by atoms with van der Waals surface area (Å²) in [7, 11) is 1.80. The van der Waals surface area contributed by atoms with Gasteiger partial charge in [-0.25, -0.2) is 9.37 Å². The number of halogens is 4. The fourth-order valence-corrected chi connectivity index (χ4v) is 2.76. The number of benzene rings is 2. The van der Waals surface area contributed by atoms with Gasteiger partial charge in [-0.15, -0.1) is 0 Å². The van der Waals surface area contributed by atoms with E-state index in [9.17, 15) is 17.6 Å². The maximum atomic E-state index is 13.0. The third-order valence-corrected chi connectivity index (χ3v) is 4.11. The molecule has 7 heteroatoms. The maximum Gasteiger partial charge on any atom is 0.416 e. The first kappa shape index (κ1) is 19.1. The number of aryl methyl sites for hydroxylation is 1. The van der Waals surface area contributed by atoms with Gasteiger partial charge in [-0.2, -0.15) is 13.2 Å². The Bertz CT molecular complexity index is 916. The van der Waals surface area contributed by atoms with Crippen LogP contribution in [0.3, 0.4) is 0 Å². The number of aromatic nitrogens is 1. The van der Waals surface area contributed by atoms with Gasteiger partial charge < -0.3 is 4.42 Å². The molecule has 0 saturated carbocycles. The smallest absolute Gasteiger partial charge is 0.416 e. The lowest BCUT2D eigenvalue weighted by Crippen LogP contribution is -2.18. The number of alkyl halides is 3. The van der Waals surface area contributed by atoms with Gasteiger partial charge in [0.25, 0.3) is 0 Å². The van der Waals surface area contributed by atoms with Gasteiger partial charge in [0.05, 0.1) is 11.3 Å². The number of nitrogens with zero attached hydrogens (tertiary/aromatic N) is 2. The van der Waals surface area contributed by atoms with Crippen LogP contribution in [-0.4, -0.2) is 16.9 Å². The van der Waals surface area contributed by atoms with E-state index in [1.54, 1.807) is 32.2 Å². The molecule has 1 heterocycles. The van der Waals surface area contributed by atoms with E-state index < -0.39 is 11.7 Å². The highest BCUT2D eigenvalue weighted by Crippen LogP contribution is 2.30. The molecule has 3 aromatic rings. The second-order valence-corrected chi connectivity index (χ2v) is 6.40. The molecule has 0 bridgehead atoms. The Morgan fingerprint density at radius 1 is 1.04 bits per heavy atom. The third kappa shape index (κ3) is 4.74. The van der Waals surface area contributed by atoms with E-state index >= 15 is 0 Å². The van der Waals surface area contributed by atoms with Crippen LogP contribution in [0.5, 0.6) is 0 Å². The van der Waals surface area contributed by atoms with Crippen LogP contribution in [-0.2, 0) is 19.3 Å². The van der Waals surface area contributed by atoms with E-state index in [0.717, 1.165) is 12.1 Å². The molecule has 0 saturated heterocycles. The molecular formula is C20H18F4N2O. The van der Waals surface area contributed by atoms with Crippen molar-refractivity contribution < 1.29 is 22.0 Å². The van der Waals surface area contributed by atoms with Crippen molar-refractivity contribution >= 4 is 0 Å². The molecule has 0 spiro atoms. The minimum Gasteiger partial charge on any atom is -0.441 e. The molecule has 2 aromatic carbocycles. The van der Waals surface area contributed by atoms with Crippen LogP contribution in [0.1, 0.15) is 22.6 Å². The molecule has 27 heavy (non-hydrogen) atoms. The fourth-order valence-electron chi connectivity index (χ4n) is 2.76. The van der Waals surface area contributed by atoms with Gasteiger partial charge in [0.15, 0.2) is 0 Å². The molecule has 0 unspecified atom stereocenters. The molecule has 3 rings (SSSR count). The van der Waals surface area contributed by atoms with Crippen molar-refractivity contribution in [1.29, 1.82) is 0 Å². The highest BCUT2D eigenvalue weighted by atomic mass is 19.4. The minimum absolute atomic E-state index is 0.335. The van der Waals surface area contributed by atoms with Crippen molar-refractivity contribution in [3.63, 3.8) is 0 Å². The van der Waals surface area contributed by atoms with Gasteiger partial charge in [0.1, 0.15) is 11.6 Å². The first-order valence-electron chi connectivity index (χ1n) is 8.29. The summed E-state index contributed by atoms with van der Waals surface area (Å²) in [6, 6.07) is 11.1. The molecule has 0 fully saturated rings. The standard InChI is InChI=1S/C20H18F4N2O/c1-13-18(25-19(27-13)15-6-8-17(21)9-7-15)12-26(2)11-14-4-3-5-16(10-14)20(22,23)24/h3-10H,11-12H2,1-2H3. The van der Waals surface area contributed by atoms with Gasteiger partial charge >= 0.3 is 6.18 Å².